The third-order valence-electron chi connectivity index (χ3n) is 6.04. The van der Waals surface area contributed by atoms with Crippen molar-refractivity contribution in [2.24, 2.45) is 0 Å². The van der Waals surface area contributed by atoms with Gasteiger partial charge >= 0.3 is 0 Å². The zero-order valence-electron chi connectivity index (χ0n) is 17.8. The van der Waals surface area contributed by atoms with Gasteiger partial charge in [0.05, 0.1) is 31.0 Å². The lowest BCUT2D eigenvalue weighted by atomic mass is 9.92. The molecule has 0 spiro atoms. The zero-order valence-corrected chi connectivity index (χ0v) is 17.8. The Kier molecular flexibility index (Phi) is 5.94. The summed E-state index contributed by atoms with van der Waals surface area (Å²) in [7, 11) is 0. The van der Waals surface area contributed by atoms with Crippen LogP contribution in [0.1, 0.15) is 31.2 Å². The number of rotatable bonds is 5. The van der Waals surface area contributed by atoms with Crippen molar-refractivity contribution in [3.8, 4) is 11.8 Å². The highest BCUT2D eigenvalue weighted by Gasteiger charge is 2.25. The molecule has 1 aliphatic carbocycles. The number of nitrogens with one attached hydrogen (secondary N) is 1. The number of fused-ring (bicyclic) bond motifs is 1. The Morgan fingerprint density at radius 3 is 2.69 bits per heavy atom. The predicted molar refractivity (Wildman–Crippen MR) is 120 cm³/mol. The van der Waals surface area contributed by atoms with Gasteiger partial charge in [0.1, 0.15) is 35.0 Å². The summed E-state index contributed by atoms with van der Waals surface area (Å²) in [6.45, 7) is 3.17. The van der Waals surface area contributed by atoms with Crippen LogP contribution in [-0.2, 0) is 4.74 Å². The van der Waals surface area contributed by atoms with Crippen molar-refractivity contribution in [2.45, 2.75) is 37.8 Å². The molecule has 5 rings (SSSR count). The van der Waals surface area contributed by atoms with Gasteiger partial charge in [0.25, 0.3) is 0 Å². The highest BCUT2D eigenvalue weighted by molar-refractivity contribution is 5.85. The molecular weight excluding hydrogens is 406 g/mol. The fraction of sp³-hybridized carbons (Fsp3) is 0.435. The average Bonchev–Trinajstić information content (AvgIpc) is 2.86. The first kappa shape index (κ1) is 20.4. The SMILES string of the molecule is N#Cc1cncnc1NC1CCC(Oc2cc(N3CCOCC3)cc3nccnc23)CC1. The number of aromatic nitrogens is 4. The van der Waals surface area contributed by atoms with E-state index >= 15 is 0 Å². The normalized spacial score (nSPS) is 21.2. The van der Waals surface area contributed by atoms with Crippen LogP contribution < -0.4 is 15.0 Å². The van der Waals surface area contributed by atoms with Crippen molar-refractivity contribution < 1.29 is 9.47 Å². The van der Waals surface area contributed by atoms with Crippen molar-refractivity contribution in [2.75, 3.05) is 36.5 Å². The van der Waals surface area contributed by atoms with Crippen LogP contribution in [0.3, 0.4) is 0 Å². The van der Waals surface area contributed by atoms with E-state index < -0.39 is 0 Å². The number of anilines is 2. The quantitative estimate of drug-likeness (QED) is 0.652. The number of ether oxygens (including phenoxy) is 2. The second-order valence-electron chi connectivity index (χ2n) is 8.10. The minimum atomic E-state index is 0.110. The van der Waals surface area contributed by atoms with E-state index in [2.05, 4.69) is 48.4 Å². The molecule has 1 N–H and O–H groups in total. The fourth-order valence-corrected chi connectivity index (χ4v) is 4.35. The maximum Gasteiger partial charge on any atom is 0.149 e. The number of hydrogen-bond acceptors (Lipinski definition) is 9. The molecule has 0 amide bonds. The fourth-order valence-electron chi connectivity index (χ4n) is 4.35. The topological polar surface area (TPSA) is 109 Å². The van der Waals surface area contributed by atoms with Crippen molar-refractivity contribution in [1.29, 1.82) is 5.26 Å². The van der Waals surface area contributed by atoms with Gasteiger partial charge in [0, 0.05) is 43.3 Å². The van der Waals surface area contributed by atoms with E-state index in [4.69, 9.17) is 9.47 Å². The Morgan fingerprint density at radius 2 is 1.88 bits per heavy atom. The van der Waals surface area contributed by atoms with Crippen LogP contribution >= 0.6 is 0 Å². The van der Waals surface area contributed by atoms with Gasteiger partial charge in [0.15, 0.2) is 0 Å². The lowest BCUT2D eigenvalue weighted by Crippen LogP contribution is -2.36. The molecule has 32 heavy (non-hydrogen) atoms. The monoisotopic (exact) mass is 431 g/mol. The lowest BCUT2D eigenvalue weighted by molar-refractivity contribution is 0.122. The largest absolute Gasteiger partial charge is 0.488 e. The van der Waals surface area contributed by atoms with E-state index in [9.17, 15) is 5.26 Å². The molecule has 9 nitrogen and oxygen atoms in total. The molecule has 164 valence electrons. The molecule has 1 saturated heterocycles. The molecule has 2 aliphatic rings. The van der Waals surface area contributed by atoms with Crippen molar-refractivity contribution in [1.82, 2.24) is 19.9 Å². The number of benzene rings is 1. The molecule has 3 heterocycles. The van der Waals surface area contributed by atoms with Gasteiger partial charge in [-0.3, -0.25) is 4.98 Å². The van der Waals surface area contributed by atoms with Crippen molar-refractivity contribution >= 4 is 22.5 Å². The molecule has 1 aromatic carbocycles. The van der Waals surface area contributed by atoms with Crippen LogP contribution in [0.2, 0.25) is 0 Å². The molecule has 9 heteroatoms. The van der Waals surface area contributed by atoms with Crippen LogP contribution in [-0.4, -0.2) is 58.4 Å². The summed E-state index contributed by atoms with van der Waals surface area (Å²) in [6.07, 6.45) is 10.2. The van der Waals surface area contributed by atoms with E-state index in [1.165, 1.54) is 12.5 Å². The average molecular weight is 432 g/mol. The van der Waals surface area contributed by atoms with Crippen LogP contribution in [0.5, 0.6) is 5.75 Å². The van der Waals surface area contributed by atoms with Crippen LogP contribution in [0, 0.1) is 11.3 Å². The molecular formula is C23H25N7O2. The Balaban J connectivity index is 1.28. The van der Waals surface area contributed by atoms with Gasteiger partial charge in [-0.05, 0) is 31.7 Å². The minimum absolute atomic E-state index is 0.110. The Labute approximate surface area is 186 Å². The van der Waals surface area contributed by atoms with Crippen molar-refractivity contribution in [3.63, 3.8) is 0 Å². The molecule has 0 radical (unpaired) electrons. The summed E-state index contributed by atoms with van der Waals surface area (Å²) in [5.41, 5.74) is 3.20. The van der Waals surface area contributed by atoms with Gasteiger partial charge in [-0.25, -0.2) is 15.0 Å². The molecule has 0 atom stereocenters. The van der Waals surface area contributed by atoms with E-state index in [-0.39, 0.29) is 12.1 Å². The molecule has 0 bridgehead atoms. The molecule has 1 aliphatic heterocycles. The summed E-state index contributed by atoms with van der Waals surface area (Å²) in [6, 6.07) is 6.57. The number of nitriles is 1. The molecule has 2 fully saturated rings. The first-order valence-electron chi connectivity index (χ1n) is 11.0. The minimum Gasteiger partial charge on any atom is -0.488 e. The number of nitrogens with zero attached hydrogens (tertiary/aromatic N) is 6. The summed E-state index contributed by atoms with van der Waals surface area (Å²) < 4.78 is 12.0. The van der Waals surface area contributed by atoms with Crippen molar-refractivity contribution in [3.05, 3.63) is 42.6 Å². The molecule has 2 aromatic heterocycles. The van der Waals surface area contributed by atoms with E-state index in [1.807, 2.05) is 0 Å². The first-order chi connectivity index (χ1) is 15.8. The van der Waals surface area contributed by atoms with E-state index in [1.54, 1.807) is 12.4 Å². The van der Waals surface area contributed by atoms with Gasteiger partial charge in [-0.15, -0.1) is 0 Å². The van der Waals surface area contributed by atoms with Gasteiger partial charge in [-0.2, -0.15) is 5.26 Å². The van der Waals surface area contributed by atoms with Gasteiger partial charge in [0.2, 0.25) is 0 Å². The second-order valence-corrected chi connectivity index (χ2v) is 8.10. The Bertz CT molecular complexity index is 1120. The van der Waals surface area contributed by atoms with E-state index in [0.717, 1.165) is 74.5 Å². The third kappa shape index (κ3) is 4.41. The molecule has 3 aromatic rings. The lowest BCUT2D eigenvalue weighted by Gasteiger charge is -2.31. The summed E-state index contributed by atoms with van der Waals surface area (Å²) in [5, 5.41) is 12.6. The van der Waals surface area contributed by atoms with Gasteiger partial charge < -0.3 is 19.7 Å². The molecule has 1 saturated carbocycles. The third-order valence-corrected chi connectivity index (χ3v) is 6.04. The van der Waals surface area contributed by atoms with E-state index in [0.29, 0.717) is 11.4 Å². The standard InChI is InChI=1S/C23H25N7O2/c24-13-16-14-25-15-28-23(16)29-17-1-3-19(4-2-17)32-21-12-18(30-7-9-31-10-8-30)11-20-22(21)27-6-5-26-20/h5-6,11-12,14-15,17,19H,1-4,7-10H2,(H,25,28,29). The molecule has 0 unspecified atom stereocenters. The maximum atomic E-state index is 9.25. The second kappa shape index (κ2) is 9.32. The smallest absolute Gasteiger partial charge is 0.149 e. The highest BCUT2D eigenvalue weighted by atomic mass is 16.5. The number of morpholine rings is 1. The number of hydrogen-bond donors (Lipinski definition) is 1. The van der Waals surface area contributed by atoms with Crippen LogP contribution in [0.25, 0.3) is 11.0 Å². The first-order valence-corrected chi connectivity index (χ1v) is 11.0. The van der Waals surface area contributed by atoms with Crippen LogP contribution in [0.15, 0.2) is 37.1 Å². The summed E-state index contributed by atoms with van der Waals surface area (Å²) >= 11 is 0. The Hall–Kier alpha value is -3.51. The van der Waals surface area contributed by atoms with Gasteiger partial charge in [-0.1, -0.05) is 0 Å². The zero-order chi connectivity index (χ0) is 21.8. The maximum absolute atomic E-state index is 9.25. The highest BCUT2D eigenvalue weighted by Crippen LogP contribution is 2.33. The van der Waals surface area contributed by atoms with Crippen LogP contribution in [0.4, 0.5) is 11.5 Å². The summed E-state index contributed by atoms with van der Waals surface area (Å²) in [4.78, 5) is 19.5. The predicted octanol–water partition coefficient (Wildman–Crippen LogP) is 2.93. The summed E-state index contributed by atoms with van der Waals surface area (Å²) in [5.74, 6) is 1.39. The Morgan fingerprint density at radius 1 is 1.06 bits per heavy atom.